The lowest BCUT2D eigenvalue weighted by Gasteiger charge is -2.28. The first kappa shape index (κ1) is 19.3. The van der Waals surface area contributed by atoms with Gasteiger partial charge in [0.15, 0.2) is 0 Å². The Labute approximate surface area is 174 Å². The number of benzene rings is 3. The lowest BCUT2D eigenvalue weighted by atomic mass is 9.90. The van der Waals surface area contributed by atoms with E-state index in [1.54, 1.807) is 0 Å². The highest BCUT2D eigenvalue weighted by Gasteiger charge is 2.23. The van der Waals surface area contributed by atoms with E-state index >= 15 is 0 Å². The first-order valence-corrected chi connectivity index (χ1v) is 10.4. The van der Waals surface area contributed by atoms with Crippen LogP contribution in [0.2, 0.25) is 0 Å². The van der Waals surface area contributed by atoms with Crippen molar-refractivity contribution in [3.63, 3.8) is 0 Å². The Hall–Kier alpha value is -3.06. The van der Waals surface area contributed by atoms with E-state index in [4.69, 9.17) is 0 Å². The van der Waals surface area contributed by atoms with Gasteiger partial charge >= 0.3 is 0 Å². The summed E-state index contributed by atoms with van der Waals surface area (Å²) in [5, 5.41) is 2.56. The van der Waals surface area contributed by atoms with Crippen LogP contribution >= 0.6 is 0 Å². The van der Waals surface area contributed by atoms with Gasteiger partial charge in [0.1, 0.15) is 0 Å². The second-order valence-corrected chi connectivity index (χ2v) is 8.34. The summed E-state index contributed by atoms with van der Waals surface area (Å²) < 4.78 is 0. The van der Waals surface area contributed by atoms with Crippen molar-refractivity contribution < 1.29 is 0 Å². The Balaban J connectivity index is 2.06. The summed E-state index contributed by atoms with van der Waals surface area (Å²) in [5.74, 6) is 0.609. The summed E-state index contributed by atoms with van der Waals surface area (Å²) in [6.07, 6.45) is 11.8. The molecule has 1 aliphatic heterocycles. The smallest absolute Gasteiger partial charge is 0.0561 e. The summed E-state index contributed by atoms with van der Waals surface area (Å²) >= 11 is 0. The SMILES string of the molecule is C=C/C=C\c1c(C)cc(CC(C)C)c2c1N(C)c1c(ccc3ccccc13)C=C2. The van der Waals surface area contributed by atoms with E-state index in [2.05, 4.69) is 100.0 Å². The van der Waals surface area contributed by atoms with Gasteiger partial charge in [0.05, 0.1) is 11.4 Å². The highest BCUT2D eigenvalue weighted by Crippen LogP contribution is 2.44. The molecule has 0 bridgehead atoms. The fourth-order valence-corrected chi connectivity index (χ4v) is 4.50. The molecule has 0 saturated carbocycles. The lowest BCUT2D eigenvalue weighted by molar-refractivity contribution is 0.646. The van der Waals surface area contributed by atoms with Crippen LogP contribution in [0, 0.1) is 12.8 Å². The first-order valence-electron chi connectivity index (χ1n) is 10.4. The van der Waals surface area contributed by atoms with Crippen molar-refractivity contribution in [1.82, 2.24) is 0 Å². The summed E-state index contributed by atoms with van der Waals surface area (Å²) in [6, 6.07) is 15.5. The van der Waals surface area contributed by atoms with Crippen molar-refractivity contribution in [2.24, 2.45) is 5.92 Å². The van der Waals surface area contributed by atoms with E-state index in [9.17, 15) is 0 Å². The molecule has 0 aromatic heterocycles. The molecule has 3 aromatic carbocycles. The van der Waals surface area contributed by atoms with E-state index in [1.807, 2.05) is 12.2 Å². The quantitative estimate of drug-likeness (QED) is 0.418. The fourth-order valence-electron chi connectivity index (χ4n) is 4.50. The highest BCUT2D eigenvalue weighted by atomic mass is 15.1. The molecule has 0 fully saturated rings. The van der Waals surface area contributed by atoms with Crippen molar-refractivity contribution in [3.05, 3.63) is 89.0 Å². The molecule has 0 radical (unpaired) electrons. The van der Waals surface area contributed by atoms with Crippen LogP contribution in [-0.2, 0) is 6.42 Å². The predicted molar refractivity (Wildman–Crippen MR) is 130 cm³/mol. The lowest BCUT2D eigenvalue weighted by Crippen LogP contribution is -2.15. The minimum absolute atomic E-state index is 0.609. The minimum atomic E-state index is 0.609. The monoisotopic (exact) mass is 379 g/mol. The van der Waals surface area contributed by atoms with E-state index in [1.165, 1.54) is 50.0 Å². The van der Waals surface area contributed by atoms with Crippen LogP contribution in [0.15, 0.2) is 61.2 Å². The van der Waals surface area contributed by atoms with Gasteiger partial charge in [-0.2, -0.15) is 0 Å². The minimum Gasteiger partial charge on any atom is -0.343 e. The number of anilines is 2. The van der Waals surface area contributed by atoms with Crippen LogP contribution in [0.1, 0.15) is 41.7 Å². The van der Waals surface area contributed by atoms with Crippen LogP contribution in [0.5, 0.6) is 0 Å². The number of nitrogens with zero attached hydrogens (tertiary/aromatic N) is 1. The molecular weight excluding hydrogens is 350 g/mol. The second-order valence-electron chi connectivity index (χ2n) is 8.34. The molecule has 0 atom stereocenters. The highest BCUT2D eigenvalue weighted by molar-refractivity contribution is 6.05. The van der Waals surface area contributed by atoms with Crippen LogP contribution in [0.3, 0.4) is 0 Å². The zero-order valence-electron chi connectivity index (χ0n) is 17.9. The van der Waals surface area contributed by atoms with Crippen molar-refractivity contribution in [2.75, 3.05) is 11.9 Å². The Morgan fingerprint density at radius 3 is 2.59 bits per heavy atom. The number of fused-ring (bicyclic) bond motifs is 4. The van der Waals surface area contributed by atoms with Gasteiger partial charge in [-0.3, -0.25) is 0 Å². The predicted octanol–water partition coefficient (Wildman–Crippen LogP) is 7.80. The first-order chi connectivity index (χ1) is 14.0. The van der Waals surface area contributed by atoms with Gasteiger partial charge in [-0.1, -0.05) is 93.3 Å². The molecule has 0 amide bonds. The molecular formula is C28H29N. The molecule has 0 unspecified atom stereocenters. The van der Waals surface area contributed by atoms with Gasteiger partial charge in [-0.25, -0.2) is 0 Å². The maximum absolute atomic E-state index is 3.87. The average molecular weight is 380 g/mol. The number of allylic oxidation sites excluding steroid dienone is 2. The largest absolute Gasteiger partial charge is 0.343 e. The van der Waals surface area contributed by atoms with Gasteiger partial charge < -0.3 is 4.90 Å². The van der Waals surface area contributed by atoms with Crippen molar-refractivity contribution in [2.45, 2.75) is 27.2 Å². The molecule has 0 spiro atoms. The third-order valence-electron chi connectivity index (χ3n) is 5.73. The second kappa shape index (κ2) is 7.75. The van der Waals surface area contributed by atoms with Crippen molar-refractivity contribution in [1.29, 1.82) is 0 Å². The Morgan fingerprint density at radius 2 is 1.83 bits per heavy atom. The van der Waals surface area contributed by atoms with Gasteiger partial charge in [0.25, 0.3) is 0 Å². The molecule has 1 aliphatic rings. The molecule has 0 N–H and O–H groups in total. The number of hydrogen-bond donors (Lipinski definition) is 0. The van der Waals surface area contributed by atoms with Gasteiger partial charge in [0.2, 0.25) is 0 Å². The normalized spacial score (nSPS) is 13.1. The average Bonchev–Trinajstić information content (AvgIpc) is 2.85. The standard InChI is InChI=1S/C28H29N/c1-6-7-11-24-20(4)18-23(17-19(2)3)26-16-15-22-14-13-21-10-8-9-12-25(21)27(22)29(5)28(24)26/h6-16,18-19H,1,17H2,2-5H3/b11-7-. The van der Waals surface area contributed by atoms with E-state index < -0.39 is 0 Å². The van der Waals surface area contributed by atoms with Gasteiger partial charge in [0, 0.05) is 23.6 Å². The Morgan fingerprint density at radius 1 is 1.03 bits per heavy atom. The third-order valence-corrected chi connectivity index (χ3v) is 5.73. The van der Waals surface area contributed by atoms with Crippen LogP contribution in [0.4, 0.5) is 11.4 Å². The van der Waals surface area contributed by atoms with Gasteiger partial charge in [-0.15, -0.1) is 0 Å². The van der Waals surface area contributed by atoms with Crippen LogP contribution < -0.4 is 4.90 Å². The third kappa shape index (κ3) is 3.42. The molecule has 4 rings (SSSR count). The van der Waals surface area contributed by atoms with Crippen LogP contribution in [-0.4, -0.2) is 7.05 Å². The molecule has 0 aliphatic carbocycles. The van der Waals surface area contributed by atoms with E-state index in [0.29, 0.717) is 5.92 Å². The van der Waals surface area contributed by atoms with Gasteiger partial charge in [-0.05, 0) is 41.3 Å². The zero-order valence-corrected chi connectivity index (χ0v) is 17.9. The number of rotatable bonds is 4. The molecule has 146 valence electrons. The fraction of sp³-hybridized carbons (Fsp3) is 0.214. The topological polar surface area (TPSA) is 3.24 Å². The number of hydrogen-bond acceptors (Lipinski definition) is 1. The van der Waals surface area contributed by atoms with Crippen LogP contribution in [0.25, 0.3) is 29.0 Å². The number of aryl methyl sites for hydroxylation is 1. The van der Waals surface area contributed by atoms with Crippen molar-refractivity contribution >= 4 is 40.4 Å². The zero-order chi connectivity index (χ0) is 20.5. The molecule has 3 aromatic rings. The van der Waals surface area contributed by atoms with E-state index in [-0.39, 0.29) is 0 Å². The van der Waals surface area contributed by atoms with Crippen molar-refractivity contribution in [3.8, 4) is 0 Å². The molecule has 1 heteroatoms. The maximum atomic E-state index is 3.87. The molecule has 1 heterocycles. The summed E-state index contributed by atoms with van der Waals surface area (Å²) in [4.78, 5) is 2.40. The molecule has 29 heavy (non-hydrogen) atoms. The maximum Gasteiger partial charge on any atom is 0.0561 e. The van der Waals surface area contributed by atoms with E-state index in [0.717, 1.165) is 6.42 Å². The summed E-state index contributed by atoms with van der Waals surface area (Å²) in [7, 11) is 2.21. The summed E-state index contributed by atoms with van der Waals surface area (Å²) in [5.41, 5.74) is 9.13. The Kier molecular flexibility index (Phi) is 5.15. The summed E-state index contributed by atoms with van der Waals surface area (Å²) in [6.45, 7) is 10.7. The Bertz CT molecular complexity index is 1140. The molecule has 0 saturated heterocycles. The molecule has 1 nitrogen and oxygen atoms in total.